The van der Waals surface area contributed by atoms with Crippen LogP contribution >= 0.6 is 0 Å². The van der Waals surface area contributed by atoms with Crippen molar-refractivity contribution in [2.45, 2.75) is 39.0 Å². The molecule has 0 spiro atoms. The minimum Gasteiger partial charge on any atom is -0.401 e. The van der Waals surface area contributed by atoms with E-state index in [1.165, 1.54) is 32.1 Å². The Kier molecular flexibility index (Phi) is 2.24. The lowest BCUT2D eigenvalue weighted by molar-refractivity contribution is -0.0195. The Hall–Kier alpha value is -0.970. The second-order valence-corrected chi connectivity index (χ2v) is 6.16. The fourth-order valence-corrected chi connectivity index (χ4v) is 4.82. The molecule has 16 heavy (non-hydrogen) atoms. The summed E-state index contributed by atoms with van der Waals surface area (Å²) in [4.78, 5) is 0. The van der Waals surface area contributed by atoms with Crippen molar-refractivity contribution < 1.29 is 0 Å². The number of rotatable bonds is 1. The first-order valence-corrected chi connectivity index (χ1v) is 6.55. The average Bonchev–Trinajstić information content (AvgIpc) is 2.21. The summed E-state index contributed by atoms with van der Waals surface area (Å²) in [6.07, 6.45) is 6.89. The summed E-state index contributed by atoms with van der Waals surface area (Å²) in [5.41, 5.74) is 7.56. The third-order valence-corrected chi connectivity index (χ3v) is 5.11. The van der Waals surface area contributed by atoms with Gasteiger partial charge in [-0.15, -0.1) is 0 Å². The Labute approximate surface area is 97.5 Å². The number of hydrogen-bond donors (Lipinski definition) is 1. The molecule has 4 bridgehead atoms. The summed E-state index contributed by atoms with van der Waals surface area (Å²) in [7, 11) is 0. The molecule has 4 fully saturated rings. The molecule has 0 amide bonds. The molecule has 0 unspecified atom stereocenters. The molecule has 86 valence electrons. The van der Waals surface area contributed by atoms with Crippen LogP contribution in [-0.2, 0) is 0 Å². The van der Waals surface area contributed by atoms with E-state index in [9.17, 15) is 5.26 Å². The van der Waals surface area contributed by atoms with Crippen molar-refractivity contribution in [3.8, 4) is 6.07 Å². The number of nitriles is 1. The molecular formula is C14H20N2. The van der Waals surface area contributed by atoms with Crippen LogP contribution in [0, 0.1) is 40.9 Å². The minimum atomic E-state index is 0.503. The van der Waals surface area contributed by atoms with Gasteiger partial charge >= 0.3 is 0 Å². The molecule has 4 aliphatic rings. The molecule has 2 nitrogen and oxygen atoms in total. The lowest BCUT2D eigenvalue weighted by atomic mass is 9.50. The second-order valence-electron chi connectivity index (χ2n) is 6.16. The maximum atomic E-state index is 9.29. The topological polar surface area (TPSA) is 49.8 Å². The first kappa shape index (κ1) is 10.2. The molecule has 0 aromatic rings. The van der Waals surface area contributed by atoms with E-state index in [1.54, 1.807) is 0 Å². The van der Waals surface area contributed by atoms with Gasteiger partial charge in [0.05, 0.1) is 11.6 Å². The van der Waals surface area contributed by atoms with Crippen LogP contribution in [-0.4, -0.2) is 0 Å². The maximum Gasteiger partial charge on any atom is 0.0968 e. The van der Waals surface area contributed by atoms with Gasteiger partial charge in [-0.2, -0.15) is 5.26 Å². The van der Waals surface area contributed by atoms with Crippen LogP contribution in [0.1, 0.15) is 39.0 Å². The van der Waals surface area contributed by atoms with Gasteiger partial charge in [-0.25, -0.2) is 0 Å². The number of hydrogen-bond acceptors (Lipinski definition) is 2. The first-order valence-electron chi connectivity index (χ1n) is 6.55. The molecule has 2 heteroatoms. The number of allylic oxidation sites excluding steroid dienone is 2. The first-order chi connectivity index (χ1) is 7.69. The molecule has 0 radical (unpaired) electrons. The van der Waals surface area contributed by atoms with Crippen LogP contribution in [0.25, 0.3) is 0 Å². The van der Waals surface area contributed by atoms with Crippen molar-refractivity contribution in [1.82, 2.24) is 0 Å². The molecular weight excluding hydrogens is 196 g/mol. The molecule has 0 aliphatic heterocycles. The molecule has 0 saturated heterocycles. The standard InChI is InChI=1S/C14H20N2/c1-8(16)13(7-15)14-11-3-9-2-10(5-11)6-12(14)4-9/h9-12,14H,2-6,16H2,1H3/b13-8+. The summed E-state index contributed by atoms with van der Waals surface area (Å²) in [6, 6.07) is 2.38. The Morgan fingerprint density at radius 1 is 1.06 bits per heavy atom. The van der Waals surface area contributed by atoms with Gasteiger partial charge in [-0.1, -0.05) is 0 Å². The summed E-state index contributed by atoms with van der Waals surface area (Å²) < 4.78 is 0. The van der Waals surface area contributed by atoms with E-state index in [2.05, 4.69) is 6.07 Å². The fraction of sp³-hybridized carbons (Fsp3) is 0.786. The summed E-state index contributed by atoms with van der Waals surface area (Å²) >= 11 is 0. The highest BCUT2D eigenvalue weighted by Crippen LogP contribution is 2.58. The minimum absolute atomic E-state index is 0.503. The Morgan fingerprint density at radius 3 is 1.94 bits per heavy atom. The third-order valence-electron chi connectivity index (χ3n) is 5.11. The van der Waals surface area contributed by atoms with Gasteiger partial charge in [0.1, 0.15) is 0 Å². The third kappa shape index (κ3) is 1.38. The molecule has 4 rings (SSSR count). The van der Waals surface area contributed by atoms with E-state index in [1.807, 2.05) is 6.92 Å². The smallest absolute Gasteiger partial charge is 0.0968 e. The zero-order chi connectivity index (χ0) is 11.3. The Balaban J connectivity index is 1.93. The lowest BCUT2D eigenvalue weighted by Crippen LogP contribution is -2.45. The van der Waals surface area contributed by atoms with Gasteiger partial charge in [0, 0.05) is 11.6 Å². The fourth-order valence-electron chi connectivity index (χ4n) is 4.82. The molecule has 0 atom stereocenters. The highest BCUT2D eigenvalue weighted by Gasteiger charge is 2.49. The predicted octanol–water partition coefficient (Wildman–Crippen LogP) is 2.81. The van der Waals surface area contributed by atoms with Crippen molar-refractivity contribution in [2.75, 3.05) is 0 Å². The molecule has 4 aliphatic carbocycles. The van der Waals surface area contributed by atoms with Crippen LogP contribution in [0.3, 0.4) is 0 Å². The van der Waals surface area contributed by atoms with Crippen molar-refractivity contribution >= 4 is 0 Å². The molecule has 2 N–H and O–H groups in total. The van der Waals surface area contributed by atoms with Crippen LogP contribution in [0.4, 0.5) is 0 Å². The van der Waals surface area contributed by atoms with E-state index in [0.717, 1.165) is 34.9 Å². The zero-order valence-corrected chi connectivity index (χ0v) is 9.95. The molecule has 0 aromatic heterocycles. The second kappa shape index (κ2) is 3.52. The van der Waals surface area contributed by atoms with Gasteiger partial charge in [0.2, 0.25) is 0 Å². The molecule has 0 aromatic carbocycles. The average molecular weight is 216 g/mol. The van der Waals surface area contributed by atoms with E-state index >= 15 is 0 Å². The predicted molar refractivity (Wildman–Crippen MR) is 63.0 cm³/mol. The van der Waals surface area contributed by atoms with Gasteiger partial charge in [0.15, 0.2) is 0 Å². The van der Waals surface area contributed by atoms with Crippen LogP contribution < -0.4 is 5.73 Å². The van der Waals surface area contributed by atoms with Gasteiger partial charge in [-0.3, -0.25) is 0 Å². The largest absolute Gasteiger partial charge is 0.401 e. The maximum absolute atomic E-state index is 9.29. The Morgan fingerprint density at radius 2 is 1.56 bits per heavy atom. The van der Waals surface area contributed by atoms with Gasteiger partial charge in [0.25, 0.3) is 0 Å². The summed E-state index contributed by atoms with van der Waals surface area (Å²) in [5, 5.41) is 9.29. The summed E-state index contributed by atoms with van der Waals surface area (Å²) in [5.74, 6) is 3.98. The number of nitrogens with two attached hydrogens (primary N) is 1. The van der Waals surface area contributed by atoms with Crippen molar-refractivity contribution in [3.05, 3.63) is 11.3 Å². The summed E-state index contributed by atoms with van der Waals surface area (Å²) in [6.45, 7) is 1.89. The highest BCUT2D eigenvalue weighted by molar-refractivity contribution is 5.31. The van der Waals surface area contributed by atoms with E-state index in [-0.39, 0.29) is 0 Å². The van der Waals surface area contributed by atoms with Gasteiger partial charge in [-0.05, 0) is 62.7 Å². The highest BCUT2D eigenvalue weighted by atomic mass is 14.6. The molecule has 0 heterocycles. The monoisotopic (exact) mass is 216 g/mol. The van der Waals surface area contributed by atoms with Crippen molar-refractivity contribution in [3.63, 3.8) is 0 Å². The Bertz CT molecular complexity index is 343. The van der Waals surface area contributed by atoms with Crippen LogP contribution in [0.15, 0.2) is 11.3 Å². The van der Waals surface area contributed by atoms with Crippen molar-refractivity contribution in [2.24, 2.45) is 35.3 Å². The van der Waals surface area contributed by atoms with E-state index in [0.29, 0.717) is 5.92 Å². The van der Waals surface area contributed by atoms with Gasteiger partial charge < -0.3 is 5.73 Å². The van der Waals surface area contributed by atoms with E-state index < -0.39 is 0 Å². The van der Waals surface area contributed by atoms with Crippen LogP contribution in [0.5, 0.6) is 0 Å². The molecule has 4 saturated carbocycles. The van der Waals surface area contributed by atoms with E-state index in [4.69, 9.17) is 5.73 Å². The van der Waals surface area contributed by atoms with Crippen molar-refractivity contribution in [1.29, 1.82) is 5.26 Å². The normalized spacial score (nSPS) is 46.4. The SMILES string of the molecule is C/C(N)=C(/C#N)C1C2CC3CC(C2)CC1C3. The number of nitrogens with zero attached hydrogens (tertiary/aromatic N) is 1. The van der Waals surface area contributed by atoms with Crippen LogP contribution in [0.2, 0.25) is 0 Å². The zero-order valence-electron chi connectivity index (χ0n) is 9.95. The quantitative estimate of drug-likeness (QED) is 0.685. The lowest BCUT2D eigenvalue weighted by Gasteiger charge is -2.54.